The second-order valence-corrected chi connectivity index (χ2v) is 8.16. The minimum absolute atomic E-state index is 0.171. The topological polar surface area (TPSA) is 0 Å². The molecule has 0 amide bonds. The monoisotopic (exact) mass is 316 g/mol. The van der Waals surface area contributed by atoms with Crippen LogP contribution in [0, 0.1) is 0 Å². The average molecular weight is 316 g/mol. The molecule has 0 atom stereocenters. The molecule has 0 aliphatic heterocycles. The lowest BCUT2D eigenvalue weighted by Crippen LogP contribution is -2.10. The molecule has 0 saturated heterocycles. The Morgan fingerprint density at radius 3 is 2.30 bits per heavy atom. The van der Waals surface area contributed by atoms with Gasteiger partial charge in [0.15, 0.2) is 0 Å². The molecule has 0 radical (unpaired) electrons. The van der Waals surface area contributed by atoms with Crippen LogP contribution in [-0.4, -0.2) is 0 Å². The zero-order chi connectivity index (χ0) is 16.0. The summed E-state index contributed by atoms with van der Waals surface area (Å²) in [6.07, 6.45) is 0. The van der Waals surface area contributed by atoms with Gasteiger partial charge in [-0.15, -0.1) is 11.3 Å². The summed E-state index contributed by atoms with van der Waals surface area (Å²) in [6.45, 7) is 6.81. The molecule has 4 rings (SSSR count). The predicted molar refractivity (Wildman–Crippen MR) is 103 cm³/mol. The minimum Gasteiger partial charge on any atom is -0.135 e. The Balaban J connectivity index is 1.99. The van der Waals surface area contributed by atoms with Gasteiger partial charge in [0.1, 0.15) is 0 Å². The Labute approximate surface area is 141 Å². The van der Waals surface area contributed by atoms with Crippen molar-refractivity contribution >= 4 is 31.5 Å². The van der Waals surface area contributed by atoms with Crippen LogP contribution in [0.3, 0.4) is 0 Å². The third-order valence-corrected chi connectivity index (χ3v) is 5.66. The molecule has 0 aliphatic carbocycles. The van der Waals surface area contributed by atoms with E-state index in [1.807, 2.05) is 11.3 Å². The third kappa shape index (κ3) is 2.46. The number of thiophene rings is 1. The van der Waals surface area contributed by atoms with Gasteiger partial charge in [-0.3, -0.25) is 0 Å². The van der Waals surface area contributed by atoms with E-state index in [4.69, 9.17) is 0 Å². The second-order valence-electron chi connectivity index (χ2n) is 7.11. The maximum Gasteiger partial charge on any atom is 0.0433 e. The van der Waals surface area contributed by atoms with Gasteiger partial charge in [0, 0.05) is 20.2 Å². The molecular weight excluding hydrogens is 296 g/mol. The van der Waals surface area contributed by atoms with Crippen molar-refractivity contribution in [2.75, 3.05) is 0 Å². The molecule has 0 aliphatic rings. The summed E-state index contributed by atoms with van der Waals surface area (Å²) in [5, 5.41) is 2.73. The predicted octanol–water partition coefficient (Wildman–Crippen LogP) is 7.02. The van der Waals surface area contributed by atoms with E-state index in [0.717, 1.165) is 0 Å². The minimum atomic E-state index is 0.171. The molecule has 1 heteroatoms. The Hall–Kier alpha value is -2.12. The van der Waals surface area contributed by atoms with Gasteiger partial charge in [0.25, 0.3) is 0 Å². The third-order valence-electron chi connectivity index (χ3n) is 4.44. The molecule has 4 aromatic rings. The van der Waals surface area contributed by atoms with E-state index in [-0.39, 0.29) is 5.41 Å². The lowest BCUT2D eigenvalue weighted by molar-refractivity contribution is 0.590. The fourth-order valence-electron chi connectivity index (χ4n) is 3.13. The molecule has 0 N–H and O–H groups in total. The molecule has 1 aromatic heterocycles. The van der Waals surface area contributed by atoms with Gasteiger partial charge in [0.2, 0.25) is 0 Å². The molecule has 23 heavy (non-hydrogen) atoms. The fourth-order valence-corrected chi connectivity index (χ4v) is 4.37. The van der Waals surface area contributed by atoms with Crippen LogP contribution in [0.25, 0.3) is 31.3 Å². The van der Waals surface area contributed by atoms with Gasteiger partial charge >= 0.3 is 0 Å². The molecule has 3 aromatic carbocycles. The van der Waals surface area contributed by atoms with Crippen molar-refractivity contribution in [3.05, 3.63) is 72.3 Å². The van der Waals surface area contributed by atoms with Crippen molar-refractivity contribution in [2.45, 2.75) is 26.2 Å². The summed E-state index contributed by atoms with van der Waals surface area (Å²) in [4.78, 5) is 0. The molecule has 0 nitrogen and oxygen atoms in total. The van der Waals surface area contributed by atoms with Crippen LogP contribution in [0.4, 0.5) is 0 Å². The number of hydrogen-bond acceptors (Lipinski definition) is 1. The first-order valence-corrected chi connectivity index (χ1v) is 8.87. The summed E-state index contributed by atoms with van der Waals surface area (Å²) in [5.41, 5.74) is 4.21. The molecule has 0 unspecified atom stereocenters. The second kappa shape index (κ2) is 5.21. The molecule has 114 valence electrons. The van der Waals surface area contributed by atoms with Crippen LogP contribution < -0.4 is 0 Å². The van der Waals surface area contributed by atoms with E-state index in [0.29, 0.717) is 0 Å². The van der Waals surface area contributed by atoms with Crippen molar-refractivity contribution in [1.82, 2.24) is 0 Å². The highest BCUT2D eigenvalue weighted by Crippen LogP contribution is 2.40. The Kier molecular flexibility index (Phi) is 3.28. The maximum atomic E-state index is 2.35. The number of rotatable bonds is 1. The first kappa shape index (κ1) is 14.5. The van der Waals surface area contributed by atoms with Crippen molar-refractivity contribution in [3.8, 4) is 11.1 Å². The first-order chi connectivity index (χ1) is 11.0. The normalized spacial score (nSPS) is 12.1. The van der Waals surface area contributed by atoms with Gasteiger partial charge in [-0.1, -0.05) is 81.4 Å². The van der Waals surface area contributed by atoms with E-state index in [2.05, 4.69) is 87.5 Å². The maximum absolute atomic E-state index is 2.35. The van der Waals surface area contributed by atoms with Gasteiger partial charge in [0.05, 0.1) is 0 Å². The highest BCUT2D eigenvalue weighted by atomic mass is 32.1. The summed E-state index contributed by atoms with van der Waals surface area (Å²) >= 11 is 1.90. The quantitative estimate of drug-likeness (QED) is 0.354. The Morgan fingerprint density at radius 1 is 0.739 bits per heavy atom. The van der Waals surface area contributed by atoms with Crippen molar-refractivity contribution in [3.63, 3.8) is 0 Å². The fraction of sp³-hybridized carbons (Fsp3) is 0.182. The zero-order valence-corrected chi connectivity index (χ0v) is 14.6. The summed E-state index contributed by atoms with van der Waals surface area (Å²) in [7, 11) is 0. The van der Waals surface area contributed by atoms with Crippen LogP contribution in [-0.2, 0) is 5.41 Å². The Bertz CT molecular complexity index is 999. The SMILES string of the molecule is CC(C)(C)c1cccc(-c2cccc3c2sc2ccccc23)c1. The van der Waals surface area contributed by atoms with Gasteiger partial charge < -0.3 is 0 Å². The van der Waals surface area contributed by atoms with Crippen molar-refractivity contribution < 1.29 is 0 Å². The molecule has 0 fully saturated rings. The summed E-state index contributed by atoms with van der Waals surface area (Å²) < 4.78 is 2.75. The Morgan fingerprint density at radius 2 is 1.48 bits per heavy atom. The van der Waals surface area contributed by atoms with Gasteiger partial charge in [-0.2, -0.15) is 0 Å². The molecular formula is C22H20S. The van der Waals surface area contributed by atoms with E-state index < -0.39 is 0 Å². The zero-order valence-electron chi connectivity index (χ0n) is 13.8. The summed E-state index contributed by atoms with van der Waals surface area (Å²) in [5.74, 6) is 0. The lowest BCUT2D eigenvalue weighted by atomic mass is 9.85. The lowest BCUT2D eigenvalue weighted by Gasteiger charge is -2.20. The van der Waals surface area contributed by atoms with E-state index in [1.54, 1.807) is 0 Å². The van der Waals surface area contributed by atoms with Gasteiger partial charge in [-0.05, 0) is 28.2 Å². The van der Waals surface area contributed by atoms with Crippen LogP contribution in [0.1, 0.15) is 26.3 Å². The van der Waals surface area contributed by atoms with Crippen molar-refractivity contribution in [1.29, 1.82) is 0 Å². The summed E-state index contributed by atoms with van der Waals surface area (Å²) in [6, 6.07) is 24.4. The molecule has 0 bridgehead atoms. The van der Waals surface area contributed by atoms with Crippen LogP contribution in [0.15, 0.2) is 66.7 Å². The molecule has 0 spiro atoms. The highest BCUT2D eigenvalue weighted by molar-refractivity contribution is 7.26. The smallest absolute Gasteiger partial charge is 0.0433 e. The largest absolute Gasteiger partial charge is 0.135 e. The van der Waals surface area contributed by atoms with Gasteiger partial charge in [-0.25, -0.2) is 0 Å². The highest BCUT2D eigenvalue weighted by Gasteiger charge is 2.15. The van der Waals surface area contributed by atoms with Crippen LogP contribution in [0.5, 0.6) is 0 Å². The van der Waals surface area contributed by atoms with E-state index in [9.17, 15) is 0 Å². The van der Waals surface area contributed by atoms with Crippen LogP contribution >= 0.6 is 11.3 Å². The molecule has 1 heterocycles. The molecule has 0 saturated carbocycles. The number of fused-ring (bicyclic) bond motifs is 3. The van der Waals surface area contributed by atoms with E-state index in [1.165, 1.54) is 36.9 Å². The van der Waals surface area contributed by atoms with Crippen molar-refractivity contribution in [2.24, 2.45) is 0 Å². The van der Waals surface area contributed by atoms with Crippen LogP contribution in [0.2, 0.25) is 0 Å². The standard InChI is InChI=1S/C22H20S/c1-22(2,3)16-9-6-8-15(14-16)17-11-7-12-19-18-10-4-5-13-20(18)23-21(17)19/h4-14H,1-3H3. The van der Waals surface area contributed by atoms with E-state index >= 15 is 0 Å². The number of hydrogen-bond donors (Lipinski definition) is 0. The number of benzene rings is 3. The first-order valence-electron chi connectivity index (χ1n) is 8.05. The average Bonchev–Trinajstić information content (AvgIpc) is 2.93.